The minimum Gasteiger partial charge on any atom is -0.410 e. The zero-order valence-corrected chi connectivity index (χ0v) is 17.4. The second-order valence-electron chi connectivity index (χ2n) is 6.98. The molecule has 0 aliphatic carbocycles. The lowest BCUT2D eigenvalue weighted by Crippen LogP contribution is -2.44. The van der Waals surface area contributed by atoms with Crippen molar-refractivity contribution in [2.45, 2.75) is 30.4 Å². The van der Waals surface area contributed by atoms with Crippen molar-refractivity contribution in [2.24, 2.45) is 0 Å². The van der Waals surface area contributed by atoms with Gasteiger partial charge in [0.15, 0.2) is 0 Å². The molecule has 0 bridgehead atoms. The Morgan fingerprint density at radius 3 is 2.60 bits per heavy atom. The van der Waals surface area contributed by atoms with Crippen LogP contribution in [-0.4, -0.2) is 50.9 Å². The number of carbonyl (C=O) groups is 1. The summed E-state index contributed by atoms with van der Waals surface area (Å²) in [5, 5.41) is 5.08. The molecule has 1 saturated heterocycles. The Bertz CT molecular complexity index is 911. The van der Waals surface area contributed by atoms with Crippen molar-refractivity contribution in [1.82, 2.24) is 19.8 Å². The molecule has 0 saturated carbocycles. The molecule has 0 N–H and O–H groups in total. The third-order valence-corrected chi connectivity index (χ3v) is 5.79. The number of likely N-dealkylation sites (tertiary alicyclic amines) is 1. The second kappa shape index (κ2) is 10.2. The Labute approximate surface area is 180 Å². The summed E-state index contributed by atoms with van der Waals surface area (Å²) in [4.78, 5) is 25.7. The van der Waals surface area contributed by atoms with Crippen LogP contribution in [0.3, 0.4) is 0 Å². The van der Waals surface area contributed by atoms with Crippen molar-refractivity contribution in [2.75, 3.05) is 18.8 Å². The van der Waals surface area contributed by atoms with Crippen molar-refractivity contribution >= 4 is 17.9 Å². The molecule has 3 aromatic rings. The largest absolute Gasteiger partial charge is 0.415 e. The number of pyridine rings is 1. The Morgan fingerprint density at radius 1 is 1.07 bits per heavy atom. The molecular formula is C22H24N4O3S. The normalized spacial score (nSPS) is 14.5. The van der Waals surface area contributed by atoms with Gasteiger partial charge in [-0.3, -0.25) is 0 Å². The average Bonchev–Trinajstić information content (AvgIpc) is 3.29. The van der Waals surface area contributed by atoms with Crippen LogP contribution in [0.25, 0.3) is 0 Å². The van der Waals surface area contributed by atoms with Crippen LogP contribution in [0.1, 0.15) is 18.4 Å². The van der Waals surface area contributed by atoms with Gasteiger partial charge in [0.05, 0.1) is 17.4 Å². The molecule has 1 fully saturated rings. The van der Waals surface area contributed by atoms with E-state index in [1.165, 1.54) is 10.4 Å². The van der Waals surface area contributed by atoms with Gasteiger partial charge in [-0.25, -0.2) is 9.78 Å². The zero-order valence-electron chi connectivity index (χ0n) is 16.6. The fourth-order valence-corrected chi connectivity index (χ4v) is 4.07. The van der Waals surface area contributed by atoms with E-state index in [9.17, 15) is 4.79 Å². The summed E-state index contributed by atoms with van der Waals surface area (Å²) in [5.41, 5.74) is 1.20. The third-order valence-electron chi connectivity index (χ3n) is 4.84. The van der Waals surface area contributed by atoms with Crippen LogP contribution in [0, 0.1) is 0 Å². The molecular weight excluding hydrogens is 400 g/mol. The first kappa shape index (κ1) is 20.3. The van der Waals surface area contributed by atoms with E-state index < -0.39 is 0 Å². The van der Waals surface area contributed by atoms with Crippen LogP contribution >= 0.6 is 11.8 Å². The Hall–Kier alpha value is -3.00. The highest BCUT2D eigenvalue weighted by molar-refractivity contribution is 7.99. The molecule has 156 valence electrons. The maximum absolute atomic E-state index is 12.4. The van der Waals surface area contributed by atoms with Crippen LogP contribution in [-0.2, 0) is 6.42 Å². The Kier molecular flexibility index (Phi) is 6.87. The lowest BCUT2D eigenvalue weighted by atomic mass is 10.1. The van der Waals surface area contributed by atoms with Gasteiger partial charge in [-0.15, -0.1) is 21.7 Å². The van der Waals surface area contributed by atoms with Gasteiger partial charge < -0.3 is 14.5 Å². The van der Waals surface area contributed by atoms with Gasteiger partial charge in [0.1, 0.15) is 11.9 Å². The molecule has 3 heterocycles. The van der Waals surface area contributed by atoms with Crippen molar-refractivity contribution < 1.29 is 14.4 Å². The van der Waals surface area contributed by atoms with Gasteiger partial charge in [-0.05, 0) is 42.3 Å². The molecule has 2 aromatic heterocycles. The molecule has 0 unspecified atom stereocenters. The van der Waals surface area contributed by atoms with E-state index in [1.54, 1.807) is 35.3 Å². The number of thioether (sulfide) groups is 1. The number of piperidine rings is 1. The summed E-state index contributed by atoms with van der Waals surface area (Å²) in [6.45, 7) is 1.21. The smallest absolute Gasteiger partial charge is 0.410 e. The quantitative estimate of drug-likeness (QED) is 0.539. The third kappa shape index (κ3) is 5.76. The maximum atomic E-state index is 12.4. The summed E-state index contributed by atoms with van der Waals surface area (Å²) in [6.07, 6.45) is 7.42. The van der Waals surface area contributed by atoms with E-state index in [-0.39, 0.29) is 12.2 Å². The lowest BCUT2D eigenvalue weighted by Gasteiger charge is -2.30. The Morgan fingerprint density at radius 2 is 1.90 bits per heavy atom. The van der Waals surface area contributed by atoms with Gasteiger partial charge in [0.2, 0.25) is 0 Å². The number of nitrogens with zero attached hydrogens (tertiary/aromatic N) is 4. The van der Waals surface area contributed by atoms with Gasteiger partial charge in [-0.1, -0.05) is 18.2 Å². The van der Waals surface area contributed by atoms with E-state index in [0.29, 0.717) is 18.8 Å². The first-order valence-electron chi connectivity index (χ1n) is 10.0. The first-order valence-corrected chi connectivity index (χ1v) is 11.0. The molecule has 30 heavy (non-hydrogen) atoms. The van der Waals surface area contributed by atoms with Crippen molar-refractivity contribution in [3.05, 3.63) is 72.7 Å². The predicted molar refractivity (Wildman–Crippen MR) is 115 cm³/mol. The molecule has 0 spiro atoms. The van der Waals surface area contributed by atoms with Gasteiger partial charge in [-0.2, -0.15) is 0 Å². The standard InChI is InChI=1S/C22H24N4O3S/c27-22(25-15-9-20(10-16-25)29-26-14-3-13-24-26)28-19-7-5-18(6-8-19)11-17-30-21-4-1-2-12-23-21/h1-8,12-14,20H,9-11,15-17H2. The van der Waals surface area contributed by atoms with E-state index in [1.807, 2.05) is 48.5 Å². The van der Waals surface area contributed by atoms with Crippen LogP contribution in [0.4, 0.5) is 4.79 Å². The van der Waals surface area contributed by atoms with E-state index in [4.69, 9.17) is 9.57 Å². The Balaban J connectivity index is 1.19. The number of hydrogen-bond donors (Lipinski definition) is 0. The van der Waals surface area contributed by atoms with Crippen molar-refractivity contribution in [3.63, 3.8) is 0 Å². The van der Waals surface area contributed by atoms with Crippen molar-refractivity contribution in [1.29, 1.82) is 0 Å². The fraction of sp³-hybridized carbons (Fsp3) is 0.318. The summed E-state index contributed by atoms with van der Waals surface area (Å²) in [5.74, 6) is 1.52. The maximum Gasteiger partial charge on any atom is 0.415 e. The topological polar surface area (TPSA) is 69.5 Å². The monoisotopic (exact) mass is 424 g/mol. The SMILES string of the molecule is O=C(Oc1ccc(CCSc2ccccn2)cc1)N1CCC(On2cccn2)CC1. The van der Waals surface area contributed by atoms with Crippen molar-refractivity contribution in [3.8, 4) is 5.75 Å². The lowest BCUT2D eigenvalue weighted by molar-refractivity contribution is -0.0162. The number of rotatable bonds is 7. The number of aryl methyl sites for hydroxylation is 1. The van der Waals surface area contributed by atoms with E-state index >= 15 is 0 Å². The highest BCUT2D eigenvalue weighted by Gasteiger charge is 2.25. The molecule has 1 aliphatic rings. The summed E-state index contributed by atoms with van der Waals surface area (Å²) >= 11 is 1.73. The van der Waals surface area contributed by atoms with Crippen LogP contribution < -0.4 is 9.57 Å². The number of aromatic nitrogens is 3. The molecule has 8 heteroatoms. The van der Waals surface area contributed by atoms with E-state index in [0.717, 1.165) is 30.0 Å². The van der Waals surface area contributed by atoms with Crippen LogP contribution in [0.2, 0.25) is 0 Å². The van der Waals surface area contributed by atoms with Gasteiger partial charge in [0, 0.05) is 37.9 Å². The minimum atomic E-state index is -0.314. The summed E-state index contributed by atoms with van der Waals surface area (Å²) < 4.78 is 5.54. The van der Waals surface area contributed by atoms with Gasteiger partial charge in [0.25, 0.3) is 0 Å². The predicted octanol–water partition coefficient (Wildman–Crippen LogP) is 3.70. The minimum absolute atomic E-state index is 0.0530. The highest BCUT2D eigenvalue weighted by atomic mass is 32.2. The van der Waals surface area contributed by atoms with E-state index in [2.05, 4.69) is 10.1 Å². The number of carbonyl (C=O) groups excluding carboxylic acids is 1. The number of benzene rings is 1. The average molecular weight is 425 g/mol. The number of amides is 1. The summed E-state index contributed by atoms with van der Waals surface area (Å²) in [7, 11) is 0. The summed E-state index contributed by atoms with van der Waals surface area (Å²) in [6, 6.07) is 15.5. The second-order valence-corrected chi connectivity index (χ2v) is 8.09. The number of hydrogen-bond acceptors (Lipinski definition) is 6. The van der Waals surface area contributed by atoms with Gasteiger partial charge >= 0.3 is 6.09 Å². The molecule has 0 radical (unpaired) electrons. The molecule has 1 aliphatic heterocycles. The molecule has 1 amide bonds. The zero-order chi connectivity index (χ0) is 20.6. The molecule has 1 aromatic carbocycles. The molecule has 0 atom stereocenters. The number of ether oxygens (including phenoxy) is 1. The first-order chi connectivity index (χ1) is 14.8. The highest BCUT2D eigenvalue weighted by Crippen LogP contribution is 2.19. The fourth-order valence-electron chi connectivity index (χ4n) is 3.21. The molecule has 4 rings (SSSR count). The van der Waals surface area contributed by atoms with Crippen LogP contribution in [0.15, 0.2) is 72.1 Å². The van der Waals surface area contributed by atoms with Crippen LogP contribution in [0.5, 0.6) is 5.75 Å². The molecule has 7 nitrogen and oxygen atoms in total.